The van der Waals surface area contributed by atoms with Crippen LogP contribution in [0.3, 0.4) is 0 Å². The van der Waals surface area contributed by atoms with E-state index in [2.05, 4.69) is 15.8 Å². The maximum Gasteiger partial charge on any atom is 0.338 e. The van der Waals surface area contributed by atoms with Gasteiger partial charge >= 0.3 is 5.97 Å². The van der Waals surface area contributed by atoms with Crippen LogP contribution in [0, 0.1) is 0 Å². The molecule has 0 unspecified atom stereocenters. The summed E-state index contributed by atoms with van der Waals surface area (Å²) in [5.41, 5.74) is 4.52. The van der Waals surface area contributed by atoms with Gasteiger partial charge in [-0.2, -0.15) is 5.10 Å². The standard InChI is InChI=1S/C23H23N3O5/c1-3-30-23(28)17-6-4-16(5-7-17)21-13-12-20(31-21)14-25-26-22(27)15-24-18-8-10-19(29-2)11-9-18/h4-14,24H,3,15H2,1-2H3,(H,26,27)/b25-14-. The van der Waals surface area contributed by atoms with Crippen LogP contribution >= 0.6 is 0 Å². The highest BCUT2D eigenvalue weighted by Gasteiger charge is 2.08. The third kappa shape index (κ3) is 6.20. The Morgan fingerprint density at radius 3 is 2.45 bits per heavy atom. The maximum atomic E-state index is 11.9. The number of hydrazone groups is 1. The van der Waals surface area contributed by atoms with Crippen LogP contribution < -0.4 is 15.5 Å². The van der Waals surface area contributed by atoms with Crippen LogP contribution in [0.4, 0.5) is 5.69 Å². The number of hydrogen-bond donors (Lipinski definition) is 2. The molecule has 2 N–H and O–H groups in total. The molecule has 160 valence electrons. The number of benzene rings is 2. The van der Waals surface area contributed by atoms with Crippen molar-refractivity contribution in [2.75, 3.05) is 25.6 Å². The lowest BCUT2D eigenvalue weighted by atomic mass is 10.1. The molecule has 0 aliphatic carbocycles. The Hall–Kier alpha value is -4.07. The van der Waals surface area contributed by atoms with Crippen molar-refractivity contribution in [2.45, 2.75) is 6.92 Å². The summed E-state index contributed by atoms with van der Waals surface area (Å²) in [6.07, 6.45) is 1.42. The first kappa shape index (κ1) is 21.6. The number of rotatable bonds is 9. The number of esters is 1. The van der Waals surface area contributed by atoms with E-state index >= 15 is 0 Å². The van der Waals surface area contributed by atoms with Gasteiger partial charge in [0, 0.05) is 11.3 Å². The summed E-state index contributed by atoms with van der Waals surface area (Å²) < 4.78 is 15.8. The smallest absolute Gasteiger partial charge is 0.338 e. The van der Waals surface area contributed by atoms with Crippen LogP contribution in [0.1, 0.15) is 23.0 Å². The Morgan fingerprint density at radius 1 is 1.03 bits per heavy atom. The molecular weight excluding hydrogens is 398 g/mol. The van der Waals surface area contributed by atoms with Crippen LogP contribution in [0.25, 0.3) is 11.3 Å². The number of ether oxygens (including phenoxy) is 2. The largest absolute Gasteiger partial charge is 0.497 e. The van der Waals surface area contributed by atoms with E-state index in [1.807, 2.05) is 12.1 Å². The summed E-state index contributed by atoms with van der Waals surface area (Å²) in [6, 6.07) is 17.7. The number of hydrogen-bond acceptors (Lipinski definition) is 7. The predicted molar refractivity (Wildman–Crippen MR) is 117 cm³/mol. The Kier molecular flexibility index (Phi) is 7.42. The molecule has 0 aliphatic heterocycles. The summed E-state index contributed by atoms with van der Waals surface area (Å²) >= 11 is 0. The maximum absolute atomic E-state index is 11.9. The lowest BCUT2D eigenvalue weighted by Gasteiger charge is -2.06. The van der Waals surface area contributed by atoms with Gasteiger partial charge in [-0.05, 0) is 55.5 Å². The molecule has 0 spiro atoms. The van der Waals surface area contributed by atoms with Crippen molar-refractivity contribution in [3.63, 3.8) is 0 Å². The van der Waals surface area contributed by atoms with Crippen molar-refractivity contribution in [3.05, 3.63) is 72.0 Å². The van der Waals surface area contributed by atoms with Gasteiger partial charge in [-0.3, -0.25) is 4.79 Å². The summed E-state index contributed by atoms with van der Waals surface area (Å²) in [7, 11) is 1.59. The van der Waals surface area contributed by atoms with Crippen molar-refractivity contribution in [1.82, 2.24) is 5.43 Å². The molecule has 3 aromatic rings. The zero-order chi connectivity index (χ0) is 22.1. The summed E-state index contributed by atoms with van der Waals surface area (Å²) in [5.74, 6) is 1.18. The van der Waals surface area contributed by atoms with E-state index < -0.39 is 0 Å². The van der Waals surface area contributed by atoms with Gasteiger partial charge in [0.1, 0.15) is 17.3 Å². The number of carbonyl (C=O) groups is 2. The zero-order valence-corrected chi connectivity index (χ0v) is 17.3. The lowest BCUT2D eigenvalue weighted by molar-refractivity contribution is -0.119. The summed E-state index contributed by atoms with van der Waals surface area (Å²) in [6.45, 7) is 2.16. The molecule has 1 heterocycles. The van der Waals surface area contributed by atoms with Crippen LogP contribution in [0.15, 0.2) is 70.2 Å². The van der Waals surface area contributed by atoms with Crippen molar-refractivity contribution in [3.8, 4) is 17.1 Å². The van der Waals surface area contributed by atoms with Gasteiger partial charge in [0.05, 0.1) is 32.0 Å². The molecule has 0 radical (unpaired) electrons. The van der Waals surface area contributed by atoms with Gasteiger partial charge < -0.3 is 19.2 Å². The van der Waals surface area contributed by atoms with E-state index in [4.69, 9.17) is 13.9 Å². The number of nitrogens with zero attached hydrogens (tertiary/aromatic N) is 1. The predicted octanol–water partition coefficient (Wildman–Crippen LogP) is 3.69. The SMILES string of the molecule is CCOC(=O)c1ccc(-c2ccc(/C=N\NC(=O)CNc3ccc(OC)cc3)o2)cc1. The van der Waals surface area contributed by atoms with Gasteiger partial charge in [-0.25, -0.2) is 10.2 Å². The van der Waals surface area contributed by atoms with E-state index in [0.29, 0.717) is 23.7 Å². The van der Waals surface area contributed by atoms with E-state index in [9.17, 15) is 9.59 Å². The number of furan rings is 1. The number of methoxy groups -OCH3 is 1. The molecular formula is C23H23N3O5. The van der Waals surface area contributed by atoms with Gasteiger partial charge in [0.2, 0.25) is 0 Å². The number of amides is 1. The highest BCUT2D eigenvalue weighted by atomic mass is 16.5. The molecule has 1 aromatic heterocycles. The Labute approximate surface area is 179 Å². The van der Waals surface area contributed by atoms with Gasteiger partial charge in [0.15, 0.2) is 0 Å². The molecule has 0 bridgehead atoms. The van der Waals surface area contributed by atoms with Crippen molar-refractivity contribution in [2.24, 2.45) is 5.10 Å². The fourth-order valence-corrected chi connectivity index (χ4v) is 2.66. The quantitative estimate of drug-likeness (QED) is 0.310. The van der Waals surface area contributed by atoms with Crippen molar-refractivity contribution < 1.29 is 23.5 Å². The van der Waals surface area contributed by atoms with Crippen LogP contribution in [-0.2, 0) is 9.53 Å². The Morgan fingerprint density at radius 2 is 1.77 bits per heavy atom. The number of carbonyl (C=O) groups excluding carboxylic acids is 2. The Balaban J connectivity index is 1.49. The minimum Gasteiger partial charge on any atom is -0.497 e. The first-order valence-electron chi connectivity index (χ1n) is 9.66. The molecule has 8 nitrogen and oxygen atoms in total. The fraction of sp³-hybridized carbons (Fsp3) is 0.174. The van der Waals surface area contributed by atoms with E-state index in [1.54, 1.807) is 62.6 Å². The van der Waals surface area contributed by atoms with Crippen molar-refractivity contribution >= 4 is 23.8 Å². The second-order valence-electron chi connectivity index (χ2n) is 6.38. The third-order valence-corrected chi connectivity index (χ3v) is 4.23. The van der Waals surface area contributed by atoms with E-state index in [0.717, 1.165) is 17.0 Å². The second kappa shape index (κ2) is 10.6. The minimum atomic E-state index is -0.362. The monoisotopic (exact) mass is 421 g/mol. The molecule has 31 heavy (non-hydrogen) atoms. The van der Waals surface area contributed by atoms with Crippen LogP contribution in [0.5, 0.6) is 5.75 Å². The van der Waals surface area contributed by atoms with Crippen LogP contribution in [0.2, 0.25) is 0 Å². The second-order valence-corrected chi connectivity index (χ2v) is 6.38. The zero-order valence-electron chi connectivity index (χ0n) is 17.3. The van der Waals surface area contributed by atoms with Crippen LogP contribution in [-0.4, -0.2) is 38.4 Å². The molecule has 0 aliphatic rings. The molecule has 0 saturated carbocycles. The van der Waals surface area contributed by atoms with Gasteiger partial charge in [-0.1, -0.05) is 12.1 Å². The summed E-state index contributed by atoms with van der Waals surface area (Å²) in [4.78, 5) is 23.6. The van der Waals surface area contributed by atoms with Crippen molar-refractivity contribution in [1.29, 1.82) is 0 Å². The first-order chi connectivity index (χ1) is 15.1. The molecule has 0 atom stereocenters. The fourth-order valence-electron chi connectivity index (χ4n) is 2.66. The van der Waals surface area contributed by atoms with Gasteiger partial charge in [0.25, 0.3) is 5.91 Å². The average Bonchev–Trinajstić information content (AvgIpc) is 3.27. The topological polar surface area (TPSA) is 102 Å². The summed E-state index contributed by atoms with van der Waals surface area (Å²) in [5, 5.41) is 6.90. The lowest BCUT2D eigenvalue weighted by Crippen LogP contribution is -2.25. The average molecular weight is 421 g/mol. The normalized spacial score (nSPS) is 10.6. The Bertz CT molecular complexity index is 1040. The van der Waals surface area contributed by atoms with E-state index in [1.165, 1.54) is 6.21 Å². The molecule has 0 fully saturated rings. The minimum absolute atomic E-state index is 0.0693. The number of anilines is 1. The third-order valence-electron chi connectivity index (χ3n) is 4.23. The van der Waals surface area contributed by atoms with E-state index in [-0.39, 0.29) is 18.4 Å². The molecule has 3 rings (SSSR count). The number of nitrogens with one attached hydrogen (secondary N) is 2. The molecule has 0 saturated heterocycles. The molecule has 1 amide bonds. The highest BCUT2D eigenvalue weighted by Crippen LogP contribution is 2.22. The molecule has 2 aromatic carbocycles. The first-order valence-corrected chi connectivity index (χ1v) is 9.66. The van der Waals surface area contributed by atoms with Gasteiger partial charge in [-0.15, -0.1) is 0 Å². The molecule has 8 heteroatoms. The highest BCUT2D eigenvalue weighted by molar-refractivity contribution is 5.90.